The molecule has 0 bridgehead atoms. The van der Waals surface area contributed by atoms with Gasteiger partial charge in [0.15, 0.2) is 0 Å². The minimum Gasteiger partial charge on any atom is -0.234 e. The van der Waals surface area contributed by atoms with Crippen LogP contribution in [0.4, 0.5) is 0 Å². The van der Waals surface area contributed by atoms with Crippen LogP contribution in [0, 0.1) is 0 Å². The highest BCUT2D eigenvalue weighted by molar-refractivity contribution is 6.35. The van der Waals surface area contributed by atoms with Crippen LogP contribution in [-0.4, -0.2) is 4.57 Å². The van der Waals surface area contributed by atoms with E-state index in [0.29, 0.717) is 5.92 Å². The average molecular weight is 310 g/mol. The van der Waals surface area contributed by atoms with Crippen molar-refractivity contribution >= 4 is 23.2 Å². The molecule has 3 rings (SSSR count). The van der Waals surface area contributed by atoms with Crippen molar-refractivity contribution in [3.8, 4) is 0 Å². The topological polar surface area (TPSA) is 8.81 Å². The van der Waals surface area contributed by atoms with E-state index in [4.69, 9.17) is 23.2 Å². The van der Waals surface area contributed by atoms with Crippen LogP contribution >= 0.6 is 23.2 Å². The third-order valence-electron chi connectivity index (χ3n) is 3.81. The third kappa shape index (κ3) is 2.72. The van der Waals surface area contributed by atoms with Gasteiger partial charge in [0.1, 0.15) is 18.9 Å². The molecule has 106 valence electrons. The smallest absolute Gasteiger partial charge is 0.234 e. The first-order valence-corrected chi connectivity index (χ1v) is 7.97. The zero-order chi connectivity index (χ0) is 14.1. The van der Waals surface area contributed by atoms with Crippen LogP contribution in [0.1, 0.15) is 43.5 Å². The molecule has 1 heterocycles. The Morgan fingerprint density at radius 2 is 1.95 bits per heavy atom. The summed E-state index contributed by atoms with van der Waals surface area (Å²) in [6.07, 6.45) is 8.08. The molecule has 1 aromatic carbocycles. The second kappa shape index (κ2) is 5.79. The number of hydrogen-bond acceptors (Lipinski definition) is 0. The first-order valence-electron chi connectivity index (χ1n) is 7.22. The fourth-order valence-corrected chi connectivity index (χ4v) is 3.22. The van der Waals surface area contributed by atoms with E-state index in [-0.39, 0.29) is 0 Å². The van der Waals surface area contributed by atoms with Crippen LogP contribution in [0.5, 0.6) is 0 Å². The lowest BCUT2D eigenvalue weighted by atomic mass is 10.2. The summed E-state index contributed by atoms with van der Waals surface area (Å²) < 4.78 is 4.68. The van der Waals surface area contributed by atoms with Gasteiger partial charge in [0.25, 0.3) is 5.82 Å². The standard InChI is InChI=1S/C16H19Cl2N2/c1-2-8-19-9-10-20(16(19)12-6-7-12)11-13-14(17)4-3-5-15(13)18/h3-5,9-10,12H,2,6-8,11H2,1H3/q+1. The molecule has 1 aromatic heterocycles. The molecular formula is C16H19Cl2N2+. The largest absolute Gasteiger partial charge is 0.259 e. The van der Waals surface area contributed by atoms with Gasteiger partial charge in [-0.2, -0.15) is 0 Å². The van der Waals surface area contributed by atoms with E-state index in [1.165, 1.54) is 18.7 Å². The number of hydrogen-bond donors (Lipinski definition) is 0. The molecule has 0 radical (unpaired) electrons. The predicted octanol–water partition coefficient (Wildman–Crippen LogP) is 4.42. The molecule has 1 aliphatic carbocycles. The fourth-order valence-electron chi connectivity index (χ4n) is 2.71. The number of imidazole rings is 1. The zero-order valence-electron chi connectivity index (χ0n) is 11.6. The fraction of sp³-hybridized carbons (Fsp3) is 0.438. The van der Waals surface area contributed by atoms with Crippen molar-refractivity contribution in [2.24, 2.45) is 0 Å². The summed E-state index contributed by atoms with van der Waals surface area (Å²) in [6.45, 7) is 4.04. The van der Waals surface area contributed by atoms with Gasteiger partial charge in [0, 0.05) is 15.6 Å². The quantitative estimate of drug-likeness (QED) is 0.723. The average Bonchev–Trinajstić information content (AvgIpc) is 3.18. The Kier molecular flexibility index (Phi) is 4.04. The van der Waals surface area contributed by atoms with Crippen LogP contribution in [0.25, 0.3) is 0 Å². The number of aromatic nitrogens is 2. The van der Waals surface area contributed by atoms with Crippen molar-refractivity contribution in [2.75, 3.05) is 0 Å². The van der Waals surface area contributed by atoms with Crippen molar-refractivity contribution in [1.29, 1.82) is 0 Å². The Labute approximate surface area is 129 Å². The van der Waals surface area contributed by atoms with Crippen molar-refractivity contribution in [3.05, 3.63) is 52.0 Å². The van der Waals surface area contributed by atoms with Crippen LogP contribution in [-0.2, 0) is 13.1 Å². The van der Waals surface area contributed by atoms with Gasteiger partial charge < -0.3 is 0 Å². The third-order valence-corrected chi connectivity index (χ3v) is 4.52. The van der Waals surface area contributed by atoms with Crippen LogP contribution in [0.15, 0.2) is 30.6 Å². The molecule has 20 heavy (non-hydrogen) atoms. The van der Waals surface area contributed by atoms with E-state index in [0.717, 1.165) is 35.1 Å². The van der Waals surface area contributed by atoms with Gasteiger partial charge in [-0.05, 0) is 31.4 Å². The number of aryl methyl sites for hydroxylation is 1. The molecule has 0 spiro atoms. The summed E-state index contributed by atoms with van der Waals surface area (Å²) in [7, 11) is 0. The van der Waals surface area contributed by atoms with Gasteiger partial charge in [0.2, 0.25) is 0 Å². The normalized spacial score (nSPS) is 14.8. The van der Waals surface area contributed by atoms with E-state index < -0.39 is 0 Å². The molecule has 2 aromatic rings. The van der Waals surface area contributed by atoms with E-state index in [9.17, 15) is 0 Å². The molecule has 0 unspecified atom stereocenters. The SMILES string of the molecule is CCCn1cc[n+](Cc2c(Cl)cccc2Cl)c1C1CC1. The number of rotatable bonds is 5. The maximum Gasteiger partial charge on any atom is 0.259 e. The molecule has 0 amide bonds. The molecule has 4 heteroatoms. The highest BCUT2D eigenvalue weighted by atomic mass is 35.5. The lowest BCUT2D eigenvalue weighted by Crippen LogP contribution is -2.37. The van der Waals surface area contributed by atoms with E-state index in [1.807, 2.05) is 18.2 Å². The molecule has 1 aliphatic rings. The maximum atomic E-state index is 6.29. The minimum atomic E-state index is 0.706. The molecule has 0 aliphatic heterocycles. The summed E-state index contributed by atoms with van der Waals surface area (Å²) in [5.41, 5.74) is 1.01. The molecule has 1 fully saturated rings. The highest BCUT2D eigenvalue weighted by Gasteiger charge is 2.35. The van der Waals surface area contributed by atoms with Gasteiger partial charge in [-0.25, -0.2) is 9.13 Å². The number of halogens is 2. The lowest BCUT2D eigenvalue weighted by Gasteiger charge is -2.07. The van der Waals surface area contributed by atoms with Gasteiger partial charge in [0.05, 0.1) is 12.5 Å². The van der Waals surface area contributed by atoms with E-state index >= 15 is 0 Å². The molecule has 0 saturated heterocycles. The minimum absolute atomic E-state index is 0.706. The predicted molar refractivity (Wildman–Crippen MR) is 82.5 cm³/mol. The Morgan fingerprint density at radius 1 is 1.25 bits per heavy atom. The van der Waals surface area contributed by atoms with Gasteiger partial charge in [-0.3, -0.25) is 0 Å². The summed E-state index contributed by atoms with van der Waals surface area (Å²) in [5.74, 6) is 2.13. The number of nitrogens with zero attached hydrogens (tertiary/aromatic N) is 2. The Balaban J connectivity index is 1.94. The summed E-state index contributed by atoms with van der Waals surface area (Å²) >= 11 is 12.6. The molecular weight excluding hydrogens is 291 g/mol. The van der Waals surface area contributed by atoms with E-state index in [2.05, 4.69) is 28.5 Å². The maximum absolute atomic E-state index is 6.29. The highest BCUT2D eigenvalue weighted by Crippen LogP contribution is 2.38. The number of benzene rings is 1. The van der Waals surface area contributed by atoms with Crippen LogP contribution < -0.4 is 4.57 Å². The monoisotopic (exact) mass is 309 g/mol. The van der Waals surface area contributed by atoms with Gasteiger partial charge >= 0.3 is 0 Å². The van der Waals surface area contributed by atoms with Gasteiger partial charge in [-0.1, -0.05) is 36.2 Å². The van der Waals surface area contributed by atoms with Crippen molar-refractivity contribution in [2.45, 2.75) is 45.2 Å². The molecule has 0 N–H and O–H groups in total. The summed E-state index contributed by atoms with van der Waals surface area (Å²) in [4.78, 5) is 0. The summed E-state index contributed by atoms with van der Waals surface area (Å²) in [6, 6.07) is 5.70. The Bertz CT molecular complexity index is 595. The van der Waals surface area contributed by atoms with Crippen molar-refractivity contribution in [3.63, 3.8) is 0 Å². The first kappa shape index (κ1) is 14.0. The summed E-state index contributed by atoms with van der Waals surface area (Å²) in [5, 5.41) is 1.49. The molecule has 1 saturated carbocycles. The zero-order valence-corrected chi connectivity index (χ0v) is 13.2. The van der Waals surface area contributed by atoms with Crippen molar-refractivity contribution < 1.29 is 4.57 Å². The second-order valence-corrected chi connectivity index (χ2v) is 6.27. The van der Waals surface area contributed by atoms with Crippen LogP contribution in [0.3, 0.4) is 0 Å². The van der Waals surface area contributed by atoms with E-state index in [1.54, 1.807) is 0 Å². The lowest BCUT2D eigenvalue weighted by molar-refractivity contribution is -0.695. The molecule has 0 atom stereocenters. The van der Waals surface area contributed by atoms with Gasteiger partial charge in [-0.15, -0.1) is 0 Å². The second-order valence-electron chi connectivity index (χ2n) is 5.45. The Morgan fingerprint density at radius 3 is 2.55 bits per heavy atom. The van der Waals surface area contributed by atoms with Crippen LogP contribution in [0.2, 0.25) is 10.0 Å². The first-order chi connectivity index (χ1) is 9.70. The Hall–Kier alpha value is -0.990. The molecule has 2 nitrogen and oxygen atoms in total. The van der Waals surface area contributed by atoms with Crippen molar-refractivity contribution in [1.82, 2.24) is 4.57 Å².